The van der Waals surface area contributed by atoms with Crippen molar-refractivity contribution in [2.24, 2.45) is 5.92 Å². The molecule has 0 bridgehead atoms. The number of hydrogen-bond acceptors (Lipinski definition) is 4. The van der Waals surface area contributed by atoms with Gasteiger partial charge in [0, 0.05) is 18.7 Å². The van der Waals surface area contributed by atoms with Crippen LogP contribution in [-0.4, -0.2) is 34.5 Å². The number of fused-ring (bicyclic) bond motifs is 1. The number of hydrogen-bond donors (Lipinski definition) is 0. The highest BCUT2D eigenvalue weighted by molar-refractivity contribution is 7.91. The Labute approximate surface area is 130 Å². The molecule has 1 saturated carbocycles. The summed E-state index contributed by atoms with van der Waals surface area (Å²) in [6.07, 6.45) is 7.92. The van der Waals surface area contributed by atoms with E-state index in [1.165, 1.54) is 19.3 Å². The largest absolute Gasteiger partial charge is 0.310 e. The predicted molar refractivity (Wildman–Crippen MR) is 85.5 cm³/mol. The van der Waals surface area contributed by atoms with Crippen molar-refractivity contribution >= 4 is 21.0 Å². The molecule has 0 amide bonds. The minimum absolute atomic E-state index is 0.333. The van der Waals surface area contributed by atoms with Gasteiger partial charge in [-0.3, -0.25) is 0 Å². The number of pyridine rings is 1. The van der Waals surface area contributed by atoms with Crippen LogP contribution in [0.25, 0.3) is 11.2 Å². The number of aromatic nitrogens is 3. The van der Waals surface area contributed by atoms with Crippen LogP contribution in [-0.2, 0) is 16.3 Å². The molecular weight excluding hydrogens is 298 g/mol. The molecule has 0 atom stereocenters. The molecule has 1 aliphatic carbocycles. The molecule has 1 aliphatic heterocycles. The third kappa shape index (κ3) is 2.53. The molecule has 22 heavy (non-hydrogen) atoms. The average Bonchev–Trinajstić information content (AvgIpc) is 2.78. The van der Waals surface area contributed by atoms with Crippen molar-refractivity contribution in [1.82, 2.24) is 14.5 Å². The van der Waals surface area contributed by atoms with Gasteiger partial charge in [-0.1, -0.05) is 0 Å². The van der Waals surface area contributed by atoms with Gasteiger partial charge in [-0.15, -0.1) is 0 Å². The third-order valence-corrected chi connectivity index (χ3v) is 6.82. The van der Waals surface area contributed by atoms with Crippen LogP contribution < -0.4 is 0 Å². The van der Waals surface area contributed by atoms with Crippen molar-refractivity contribution in [3.05, 3.63) is 24.2 Å². The number of imidazole rings is 1. The highest BCUT2D eigenvalue weighted by Gasteiger charge is 2.29. The normalized spacial score (nSPS) is 22.7. The summed E-state index contributed by atoms with van der Waals surface area (Å²) in [5.74, 6) is 2.20. The average molecular weight is 319 g/mol. The van der Waals surface area contributed by atoms with Crippen LogP contribution >= 0.6 is 0 Å². The second-order valence-electron chi connectivity index (χ2n) is 6.63. The minimum Gasteiger partial charge on any atom is -0.310 e. The van der Waals surface area contributed by atoms with Gasteiger partial charge in [-0.2, -0.15) is 0 Å². The summed E-state index contributed by atoms with van der Waals surface area (Å²) in [6.45, 7) is 0. The monoisotopic (exact) mass is 319 g/mol. The lowest BCUT2D eigenvalue weighted by Gasteiger charge is -2.30. The summed E-state index contributed by atoms with van der Waals surface area (Å²) >= 11 is 0. The van der Waals surface area contributed by atoms with Crippen molar-refractivity contribution in [2.45, 2.75) is 44.6 Å². The van der Waals surface area contributed by atoms with Gasteiger partial charge < -0.3 is 4.57 Å². The predicted octanol–water partition coefficient (Wildman–Crippen LogP) is 2.52. The van der Waals surface area contributed by atoms with E-state index in [9.17, 15) is 8.42 Å². The maximum atomic E-state index is 11.6. The van der Waals surface area contributed by atoms with E-state index in [-0.39, 0.29) is 0 Å². The fraction of sp³-hybridized carbons (Fsp3) is 0.625. The molecule has 118 valence electrons. The summed E-state index contributed by atoms with van der Waals surface area (Å²) in [6, 6.07) is 4.48. The van der Waals surface area contributed by atoms with E-state index >= 15 is 0 Å². The van der Waals surface area contributed by atoms with E-state index in [1.54, 1.807) is 0 Å². The van der Waals surface area contributed by atoms with E-state index in [0.717, 1.165) is 36.3 Å². The number of rotatable bonds is 3. The van der Waals surface area contributed by atoms with Crippen molar-refractivity contribution < 1.29 is 8.42 Å². The maximum absolute atomic E-state index is 11.6. The summed E-state index contributed by atoms with van der Waals surface area (Å²) in [5, 5.41) is 0. The quantitative estimate of drug-likeness (QED) is 0.872. The first-order chi connectivity index (χ1) is 10.6. The fourth-order valence-corrected chi connectivity index (χ4v) is 5.14. The van der Waals surface area contributed by atoms with Crippen molar-refractivity contribution in [1.29, 1.82) is 0 Å². The number of nitrogens with zero attached hydrogens (tertiary/aromatic N) is 3. The SMILES string of the molecule is O=S1(=O)CCC(Cc2nc3cccnc3n2C2CCC2)CC1. The molecule has 0 unspecified atom stereocenters. The molecule has 0 spiro atoms. The van der Waals surface area contributed by atoms with Crippen LogP contribution in [0.3, 0.4) is 0 Å². The lowest BCUT2D eigenvalue weighted by molar-refractivity contribution is 0.306. The zero-order valence-electron chi connectivity index (χ0n) is 12.6. The molecule has 0 N–H and O–H groups in total. The maximum Gasteiger partial charge on any atom is 0.160 e. The zero-order valence-corrected chi connectivity index (χ0v) is 13.4. The summed E-state index contributed by atoms with van der Waals surface area (Å²) in [7, 11) is -2.79. The Bertz CT molecular complexity index is 779. The molecule has 5 nitrogen and oxygen atoms in total. The van der Waals surface area contributed by atoms with Crippen LogP contribution in [0, 0.1) is 5.92 Å². The molecule has 0 radical (unpaired) electrons. The first kappa shape index (κ1) is 14.2. The van der Waals surface area contributed by atoms with Gasteiger partial charge in [0.2, 0.25) is 0 Å². The molecule has 6 heteroatoms. The molecule has 2 aliphatic rings. The Balaban J connectivity index is 1.63. The van der Waals surface area contributed by atoms with Crippen LogP contribution in [0.2, 0.25) is 0 Å². The molecular formula is C16H21N3O2S. The molecule has 2 fully saturated rings. The summed E-state index contributed by atoms with van der Waals surface area (Å²) < 4.78 is 25.5. The second-order valence-corrected chi connectivity index (χ2v) is 8.93. The lowest BCUT2D eigenvalue weighted by atomic mass is 9.92. The Morgan fingerprint density at radius 2 is 1.95 bits per heavy atom. The molecule has 2 aromatic heterocycles. The Morgan fingerprint density at radius 3 is 2.64 bits per heavy atom. The van der Waals surface area contributed by atoms with Crippen molar-refractivity contribution in [2.75, 3.05) is 11.5 Å². The minimum atomic E-state index is -2.79. The Morgan fingerprint density at radius 1 is 1.18 bits per heavy atom. The molecule has 1 saturated heterocycles. The molecule has 2 aromatic rings. The van der Waals surface area contributed by atoms with E-state index < -0.39 is 9.84 Å². The molecule has 4 rings (SSSR count). The standard InChI is InChI=1S/C16H21N3O2S/c20-22(21)9-6-12(7-10-22)11-15-18-14-5-2-8-17-16(14)19(15)13-3-1-4-13/h2,5,8,12-13H,1,3-4,6-7,9-11H2. The highest BCUT2D eigenvalue weighted by atomic mass is 32.2. The Hall–Kier alpha value is -1.43. The van der Waals surface area contributed by atoms with Gasteiger partial charge in [-0.25, -0.2) is 18.4 Å². The van der Waals surface area contributed by atoms with Crippen LogP contribution in [0.5, 0.6) is 0 Å². The summed E-state index contributed by atoms with van der Waals surface area (Å²) in [5.41, 5.74) is 1.96. The summed E-state index contributed by atoms with van der Waals surface area (Å²) in [4.78, 5) is 9.32. The van der Waals surface area contributed by atoms with Gasteiger partial charge in [-0.05, 0) is 50.2 Å². The van der Waals surface area contributed by atoms with Gasteiger partial charge >= 0.3 is 0 Å². The molecule has 0 aromatic carbocycles. The van der Waals surface area contributed by atoms with Gasteiger partial charge in [0.25, 0.3) is 0 Å². The van der Waals surface area contributed by atoms with Gasteiger partial charge in [0.05, 0.1) is 11.5 Å². The smallest absolute Gasteiger partial charge is 0.160 e. The Kier molecular flexibility index (Phi) is 3.44. The first-order valence-corrected chi connectivity index (χ1v) is 9.97. The number of sulfone groups is 1. The fourth-order valence-electron chi connectivity index (χ4n) is 3.55. The van der Waals surface area contributed by atoms with E-state index in [4.69, 9.17) is 4.98 Å². The van der Waals surface area contributed by atoms with Crippen molar-refractivity contribution in [3.63, 3.8) is 0 Å². The molecule has 3 heterocycles. The third-order valence-electron chi connectivity index (χ3n) is 5.11. The lowest BCUT2D eigenvalue weighted by Crippen LogP contribution is -2.26. The van der Waals surface area contributed by atoms with E-state index in [0.29, 0.717) is 23.5 Å². The van der Waals surface area contributed by atoms with E-state index in [2.05, 4.69) is 9.55 Å². The zero-order chi connectivity index (χ0) is 15.2. The van der Waals surface area contributed by atoms with E-state index in [1.807, 2.05) is 18.3 Å². The highest BCUT2D eigenvalue weighted by Crippen LogP contribution is 2.36. The van der Waals surface area contributed by atoms with Crippen molar-refractivity contribution in [3.8, 4) is 0 Å². The van der Waals surface area contributed by atoms with Gasteiger partial charge in [0.15, 0.2) is 5.65 Å². The van der Waals surface area contributed by atoms with Crippen LogP contribution in [0.4, 0.5) is 0 Å². The first-order valence-electron chi connectivity index (χ1n) is 8.15. The van der Waals surface area contributed by atoms with Crippen LogP contribution in [0.15, 0.2) is 18.3 Å². The second kappa shape index (κ2) is 5.33. The topological polar surface area (TPSA) is 64.8 Å². The van der Waals surface area contributed by atoms with Gasteiger partial charge in [0.1, 0.15) is 21.2 Å². The van der Waals surface area contributed by atoms with Crippen LogP contribution in [0.1, 0.15) is 44.0 Å².